The first-order valence-electron chi connectivity index (χ1n) is 4.48. The van der Waals surface area contributed by atoms with Crippen LogP contribution in [-0.2, 0) is 0 Å². The van der Waals surface area contributed by atoms with Crippen LogP contribution in [0.15, 0.2) is 39.8 Å². The predicted molar refractivity (Wildman–Crippen MR) is 72.2 cm³/mol. The largest absolute Gasteiger partial charge is 0.487 e. The van der Waals surface area contributed by atoms with Crippen LogP contribution >= 0.6 is 31.9 Å². The second kappa shape index (κ2) is 6.51. The number of ether oxygens (including phenoxy) is 1. The predicted octanol–water partition coefficient (Wildman–Crippen LogP) is 4.31. The van der Waals surface area contributed by atoms with E-state index in [-0.39, 0.29) is 0 Å². The van der Waals surface area contributed by atoms with Crippen LogP contribution in [0.2, 0.25) is 0 Å². The molecule has 0 aliphatic rings. The highest BCUT2D eigenvalue weighted by Crippen LogP contribution is 2.35. The molecule has 0 spiro atoms. The Bertz CT molecular complexity index is 438. The van der Waals surface area contributed by atoms with Gasteiger partial charge in [-0.15, -0.1) is 0 Å². The van der Waals surface area contributed by atoms with Gasteiger partial charge in [0.25, 0.3) is 0 Å². The van der Waals surface area contributed by atoms with E-state index >= 15 is 0 Å². The van der Waals surface area contributed by atoms with Gasteiger partial charge in [-0.3, -0.25) is 0 Å². The van der Waals surface area contributed by atoms with Crippen LogP contribution in [0.1, 0.15) is 5.56 Å². The normalized spacial score (nSPS) is 10.1. The number of nitrogens with zero attached hydrogens (tertiary/aromatic N) is 1. The number of halogens is 2. The van der Waals surface area contributed by atoms with Gasteiger partial charge in [0.05, 0.1) is 15.0 Å². The van der Waals surface area contributed by atoms with Crippen molar-refractivity contribution < 1.29 is 4.74 Å². The van der Waals surface area contributed by atoms with Crippen LogP contribution < -0.4 is 4.74 Å². The smallest absolute Gasteiger partial charge is 0.148 e. The summed E-state index contributed by atoms with van der Waals surface area (Å²) in [5, 5.41) is 8.44. The molecule has 0 unspecified atom stereocenters. The minimum absolute atomic E-state index is 0.449. The Morgan fingerprint density at radius 1 is 1.38 bits per heavy atom. The van der Waals surface area contributed by atoms with Crippen LogP contribution in [-0.4, -0.2) is 6.61 Å². The number of hydrogen-bond donors (Lipinski definition) is 0. The lowest BCUT2D eigenvalue weighted by Crippen LogP contribution is -1.95. The molecule has 1 rings (SSSR count). The Balaban J connectivity index is 3.03. The molecule has 82 valence electrons. The average Bonchev–Trinajstić information content (AvgIpc) is 2.25. The van der Waals surface area contributed by atoms with Crippen molar-refractivity contribution in [3.05, 3.63) is 45.4 Å². The summed E-state index contributed by atoms with van der Waals surface area (Å²) in [5.41, 5.74) is 0.922. The van der Waals surface area contributed by atoms with E-state index < -0.39 is 0 Å². The molecule has 0 radical (unpaired) electrons. The summed E-state index contributed by atoms with van der Waals surface area (Å²) in [6, 6.07) is 5.72. The Morgan fingerprint density at radius 2 is 2.00 bits per heavy atom. The van der Waals surface area contributed by atoms with Crippen LogP contribution in [0.25, 0.3) is 6.08 Å². The molecule has 0 aromatic heterocycles. The zero-order chi connectivity index (χ0) is 12.0. The molecular weight excluding hydrogens is 334 g/mol. The molecule has 4 heteroatoms. The van der Waals surface area contributed by atoms with Gasteiger partial charge in [-0.1, -0.05) is 12.7 Å². The number of nitriles is 1. The third kappa shape index (κ3) is 3.51. The lowest BCUT2D eigenvalue weighted by Gasteiger charge is -2.09. The van der Waals surface area contributed by atoms with Crippen molar-refractivity contribution in [3.63, 3.8) is 0 Å². The quantitative estimate of drug-likeness (QED) is 0.603. The molecular formula is C12H9Br2NO. The van der Waals surface area contributed by atoms with E-state index in [0.717, 1.165) is 20.3 Å². The van der Waals surface area contributed by atoms with Gasteiger partial charge in [-0.05, 0) is 55.6 Å². The van der Waals surface area contributed by atoms with Crippen molar-refractivity contribution in [1.29, 1.82) is 5.26 Å². The van der Waals surface area contributed by atoms with Gasteiger partial charge in [-0.2, -0.15) is 5.26 Å². The molecule has 1 aromatic carbocycles. The molecule has 0 heterocycles. The lowest BCUT2D eigenvalue weighted by atomic mass is 10.2. The molecule has 0 saturated carbocycles. The SMILES string of the molecule is C=CCOc1c(Br)cc(/C=C/C#N)cc1Br. The molecule has 1 aromatic rings. The maximum Gasteiger partial charge on any atom is 0.148 e. The average molecular weight is 343 g/mol. The number of allylic oxidation sites excluding steroid dienone is 1. The Labute approximate surface area is 111 Å². The molecule has 0 fully saturated rings. The molecule has 0 aliphatic carbocycles. The maximum atomic E-state index is 8.44. The highest BCUT2D eigenvalue weighted by Gasteiger charge is 2.07. The summed E-state index contributed by atoms with van der Waals surface area (Å²) < 4.78 is 7.14. The first kappa shape index (κ1) is 13.0. The van der Waals surface area contributed by atoms with Crippen LogP contribution in [0.4, 0.5) is 0 Å². The van der Waals surface area contributed by atoms with E-state index in [4.69, 9.17) is 10.00 Å². The summed E-state index contributed by atoms with van der Waals surface area (Å²) in [6.07, 6.45) is 4.84. The molecule has 2 nitrogen and oxygen atoms in total. The monoisotopic (exact) mass is 341 g/mol. The fourth-order valence-electron chi connectivity index (χ4n) is 1.09. The zero-order valence-electron chi connectivity index (χ0n) is 8.41. The van der Waals surface area contributed by atoms with Gasteiger partial charge in [0.2, 0.25) is 0 Å². The van der Waals surface area contributed by atoms with Crippen LogP contribution in [0, 0.1) is 11.3 Å². The molecule has 0 N–H and O–H groups in total. The van der Waals surface area contributed by atoms with Crippen LogP contribution in [0.5, 0.6) is 5.75 Å². The van der Waals surface area contributed by atoms with Crippen molar-refractivity contribution >= 4 is 37.9 Å². The van der Waals surface area contributed by atoms with Crippen molar-refractivity contribution in [1.82, 2.24) is 0 Å². The lowest BCUT2D eigenvalue weighted by molar-refractivity contribution is 0.358. The van der Waals surface area contributed by atoms with Gasteiger partial charge in [0, 0.05) is 6.08 Å². The van der Waals surface area contributed by atoms with Gasteiger partial charge >= 0.3 is 0 Å². The molecule has 0 bridgehead atoms. The number of rotatable bonds is 4. The first-order valence-corrected chi connectivity index (χ1v) is 6.06. The second-order valence-electron chi connectivity index (χ2n) is 2.88. The number of benzene rings is 1. The molecule has 16 heavy (non-hydrogen) atoms. The Morgan fingerprint density at radius 3 is 2.50 bits per heavy atom. The standard InChI is InChI=1S/C12H9Br2NO/c1-2-6-16-12-10(13)7-9(4-3-5-15)8-11(12)14/h2-4,7-8H,1,6H2/b4-3+. The highest BCUT2D eigenvalue weighted by molar-refractivity contribution is 9.11. The van der Waals surface area contributed by atoms with E-state index in [1.165, 1.54) is 6.08 Å². The topological polar surface area (TPSA) is 33.0 Å². The zero-order valence-corrected chi connectivity index (χ0v) is 11.6. The summed E-state index contributed by atoms with van der Waals surface area (Å²) >= 11 is 6.83. The number of hydrogen-bond acceptors (Lipinski definition) is 2. The van der Waals surface area contributed by atoms with Crippen LogP contribution in [0.3, 0.4) is 0 Å². The van der Waals surface area contributed by atoms with Gasteiger partial charge in [0.1, 0.15) is 12.4 Å². The molecule has 0 saturated heterocycles. The molecule has 0 amide bonds. The van der Waals surface area contributed by atoms with E-state index in [0.29, 0.717) is 6.61 Å². The van der Waals surface area contributed by atoms with Gasteiger partial charge in [0.15, 0.2) is 0 Å². The van der Waals surface area contributed by atoms with E-state index in [1.807, 2.05) is 18.2 Å². The van der Waals surface area contributed by atoms with E-state index in [1.54, 1.807) is 12.2 Å². The van der Waals surface area contributed by atoms with Gasteiger partial charge in [-0.25, -0.2) is 0 Å². The third-order valence-electron chi connectivity index (χ3n) is 1.72. The highest BCUT2D eigenvalue weighted by atomic mass is 79.9. The molecule has 0 atom stereocenters. The van der Waals surface area contributed by atoms with Gasteiger partial charge < -0.3 is 4.74 Å². The first-order chi connectivity index (χ1) is 7.69. The summed E-state index contributed by atoms with van der Waals surface area (Å²) in [6.45, 7) is 4.04. The fraction of sp³-hybridized carbons (Fsp3) is 0.0833. The molecule has 0 aliphatic heterocycles. The fourth-order valence-corrected chi connectivity index (χ4v) is 2.54. The van der Waals surface area contributed by atoms with Crippen molar-refractivity contribution in [2.45, 2.75) is 0 Å². The van der Waals surface area contributed by atoms with Crippen molar-refractivity contribution in [3.8, 4) is 11.8 Å². The van der Waals surface area contributed by atoms with Crippen molar-refractivity contribution in [2.24, 2.45) is 0 Å². The Kier molecular flexibility index (Phi) is 5.30. The summed E-state index contributed by atoms with van der Waals surface area (Å²) in [5.74, 6) is 0.731. The maximum absolute atomic E-state index is 8.44. The Hall–Kier alpha value is -1.05. The summed E-state index contributed by atoms with van der Waals surface area (Å²) in [7, 11) is 0. The van der Waals surface area contributed by atoms with E-state index in [2.05, 4.69) is 38.4 Å². The third-order valence-corrected chi connectivity index (χ3v) is 2.89. The van der Waals surface area contributed by atoms with E-state index in [9.17, 15) is 0 Å². The minimum atomic E-state index is 0.449. The second-order valence-corrected chi connectivity index (χ2v) is 4.58. The summed E-state index contributed by atoms with van der Waals surface area (Å²) in [4.78, 5) is 0. The van der Waals surface area contributed by atoms with Crippen molar-refractivity contribution in [2.75, 3.05) is 6.61 Å². The minimum Gasteiger partial charge on any atom is -0.487 e.